The molecule has 0 radical (unpaired) electrons. The molecule has 57 heavy (non-hydrogen) atoms. The van der Waals surface area contributed by atoms with E-state index in [0.29, 0.717) is 0 Å². The normalized spacial score (nSPS) is 11.2. The van der Waals surface area contributed by atoms with Crippen molar-refractivity contribution in [3.63, 3.8) is 0 Å². The van der Waals surface area contributed by atoms with Crippen LogP contribution in [0.1, 0.15) is 0 Å². The minimum atomic E-state index is 1.10. The Morgan fingerprint density at radius 3 is 1.30 bits per heavy atom. The highest BCUT2D eigenvalue weighted by molar-refractivity contribution is 6.09. The molecule has 0 spiro atoms. The van der Waals surface area contributed by atoms with Crippen molar-refractivity contribution in [2.75, 3.05) is 4.90 Å². The summed E-state index contributed by atoms with van der Waals surface area (Å²) in [6.45, 7) is 0. The lowest BCUT2D eigenvalue weighted by molar-refractivity contribution is 1.29. The maximum atomic E-state index is 2.37. The van der Waals surface area contributed by atoms with E-state index in [0.717, 1.165) is 22.6 Å². The van der Waals surface area contributed by atoms with Crippen molar-refractivity contribution in [2.24, 2.45) is 0 Å². The summed E-state index contributed by atoms with van der Waals surface area (Å²) in [5.41, 5.74) is 15.3. The first-order valence-electron chi connectivity index (χ1n) is 19.6. The molecule has 268 valence electrons. The van der Waals surface area contributed by atoms with Crippen molar-refractivity contribution < 1.29 is 0 Å². The molecule has 0 aliphatic carbocycles. The van der Waals surface area contributed by atoms with Crippen LogP contribution in [0.3, 0.4) is 0 Å². The number of hydrogen-bond acceptors (Lipinski definition) is 1. The van der Waals surface area contributed by atoms with E-state index in [2.05, 4.69) is 241 Å². The van der Waals surface area contributed by atoms with Gasteiger partial charge in [0.05, 0.1) is 0 Å². The molecule has 0 heterocycles. The average Bonchev–Trinajstić information content (AvgIpc) is 3.30. The fourth-order valence-corrected chi connectivity index (χ4v) is 8.23. The van der Waals surface area contributed by atoms with Crippen molar-refractivity contribution in [3.8, 4) is 55.6 Å². The molecule has 0 bridgehead atoms. The van der Waals surface area contributed by atoms with E-state index < -0.39 is 0 Å². The lowest BCUT2D eigenvalue weighted by Crippen LogP contribution is -2.09. The maximum Gasteiger partial charge on any atom is 0.0468 e. The second-order valence-corrected chi connectivity index (χ2v) is 14.5. The van der Waals surface area contributed by atoms with Gasteiger partial charge in [0.2, 0.25) is 0 Å². The summed E-state index contributed by atoms with van der Waals surface area (Å²) in [5.74, 6) is 0. The van der Waals surface area contributed by atoms with Gasteiger partial charge in [-0.25, -0.2) is 0 Å². The Labute approximate surface area is 334 Å². The molecule has 0 aromatic heterocycles. The fourth-order valence-electron chi connectivity index (χ4n) is 8.23. The third-order valence-electron chi connectivity index (χ3n) is 11.1. The number of rotatable bonds is 8. The van der Waals surface area contributed by atoms with Gasteiger partial charge in [-0.3, -0.25) is 0 Å². The summed E-state index contributed by atoms with van der Waals surface area (Å²) in [4.78, 5) is 2.36. The zero-order valence-electron chi connectivity index (χ0n) is 31.5. The van der Waals surface area contributed by atoms with Crippen LogP contribution in [0.4, 0.5) is 17.1 Å². The van der Waals surface area contributed by atoms with Gasteiger partial charge in [0.25, 0.3) is 0 Å². The van der Waals surface area contributed by atoms with Crippen LogP contribution < -0.4 is 4.90 Å². The first-order chi connectivity index (χ1) is 28.3. The average molecular weight is 726 g/mol. The monoisotopic (exact) mass is 725 g/mol. The number of benzene rings is 10. The van der Waals surface area contributed by atoms with Crippen LogP contribution in [0.15, 0.2) is 237 Å². The minimum Gasteiger partial charge on any atom is -0.310 e. The highest BCUT2D eigenvalue weighted by Gasteiger charge is 2.17. The molecule has 0 unspecified atom stereocenters. The summed E-state index contributed by atoms with van der Waals surface area (Å²) in [6, 6.07) is 85.7. The Bertz CT molecular complexity index is 2970. The molecule has 0 fully saturated rings. The van der Waals surface area contributed by atoms with E-state index in [1.165, 1.54) is 71.6 Å². The number of nitrogens with zero attached hydrogens (tertiary/aromatic N) is 1. The molecule has 1 nitrogen and oxygen atoms in total. The van der Waals surface area contributed by atoms with E-state index in [1.54, 1.807) is 0 Å². The molecule has 0 atom stereocenters. The minimum absolute atomic E-state index is 1.10. The van der Waals surface area contributed by atoms with Crippen molar-refractivity contribution in [1.29, 1.82) is 0 Å². The summed E-state index contributed by atoms with van der Waals surface area (Å²) in [5, 5.41) is 4.99. The molecule has 0 aliphatic rings. The highest BCUT2D eigenvalue weighted by Crippen LogP contribution is 2.42. The van der Waals surface area contributed by atoms with Crippen LogP contribution in [0, 0.1) is 0 Å². The van der Waals surface area contributed by atoms with Gasteiger partial charge in [-0.15, -0.1) is 0 Å². The number of anilines is 3. The fraction of sp³-hybridized carbons (Fsp3) is 0. The predicted octanol–water partition coefficient (Wildman–Crippen LogP) is 15.8. The lowest BCUT2D eigenvalue weighted by Gasteiger charge is -2.26. The summed E-state index contributed by atoms with van der Waals surface area (Å²) < 4.78 is 0. The van der Waals surface area contributed by atoms with Crippen LogP contribution in [0.25, 0.3) is 77.2 Å². The topological polar surface area (TPSA) is 3.24 Å². The van der Waals surface area contributed by atoms with Crippen molar-refractivity contribution in [1.82, 2.24) is 0 Å². The quantitative estimate of drug-likeness (QED) is 0.141. The first kappa shape index (κ1) is 34.0. The van der Waals surface area contributed by atoms with Crippen molar-refractivity contribution in [3.05, 3.63) is 237 Å². The molecule has 0 saturated heterocycles. The van der Waals surface area contributed by atoms with Crippen LogP contribution in [0.2, 0.25) is 0 Å². The molecule has 10 aromatic carbocycles. The molecular formula is C56H39N. The number of para-hydroxylation sites is 1. The Balaban J connectivity index is 1.11. The zero-order valence-corrected chi connectivity index (χ0v) is 31.5. The molecule has 0 saturated carbocycles. The second-order valence-electron chi connectivity index (χ2n) is 14.5. The summed E-state index contributed by atoms with van der Waals surface area (Å²) >= 11 is 0. The van der Waals surface area contributed by atoms with E-state index in [9.17, 15) is 0 Å². The highest BCUT2D eigenvalue weighted by atomic mass is 15.1. The predicted molar refractivity (Wildman–Crippen MR) is 243 cm³/mol. The molecule has 1 heteroatoms. The van der Waals surface area contributed by atoms with Gasteiger partial charge in [-0.1, -0.05) is 188 Å². The van der Waals surface area contributed by atoms with Crippen LogP contribution in [0.5, 0.6) is 0 Å². The molecule has 10 rings (SSSR count). The van der Waals surface area contributed by atoms with Gasteiger partial charge in [-0.2, -0.15) is 0 Å². The van der Waals surface area contributed by atoms with Crippen molar-refractivity contribution >= 4 is 38.6 Å². The molecule has 0 amide bonds. The standard InChI is InChI=1S/C56H39N/c1-5-15-40(16-6-1)46-30-35-53(47-31-36-52(41-17-7-2-8-18-41)55(38-47)42-19-9-3-10-20-42)54(37-46)45-27-32-49(33-28-45)57(48-22-11-4-12-23-48)50-34-29-44-26-25-43-21-13-14-24-51(43)56(44)39-50/h1-39H. The van der Waals surface area contributed by atoms with Gasteiger partial charge in [-0.05, 0) is 126 Å². The Kier molecular flexibility index (Phi) is 8.95. The molecular weight excluding hydrogens is 687 g/mol. The maximum absolute atomic E-state index is 2.37. The van der Waals surface area contributed by atoms with Gasteiger partial charge in [0.15, 0.2) is 0 Å². The van der Waals surface area contributed by atoms with Gasteiger partial charge < -0.3 is 4.90 Å². The Morgan fingerprint density at radius 2 is 0.632 bits per heavy atom. The first-order valence-corrected chi connectivity index (χ1v) is 19.6. The van der Waals surface area contributed by atoms with E-state index in [1.807, 2.05) is 0 Å². The van der Waals surface area contributed by atoms with Crippen LogP contribution in [-0.4, -0.2) is 0 Å². The SMILES string of the molecule is c1ccc(-c2ccc(-c3ccc(-c4ccccc4)c(-c4ccccc4)c3)c(-c3ccc(N(c4ccccc4)c4ccc5ccc6ccccc6c5c4)cc3)c2)cc1. The van der Waals surface area contributed by atoms with Crippen LogP contribution in [-0.2, 0) is 0 Å². The Hall–Kier alpha value is -7.48. The largest absolute Gasteiger partial charge is 0.310 e. The van der Waals surface area contributed by atoms with E-state index in [4.69, 9.17) is 0 Å². The summed E-state index contributed by atoms with van der Waals surface area (Å²) in [6.07, 6.45) is 0. The van der Waals surface area contributed by atoms with Crippen molar-refractivity contribution in [2.45, 2.75) is 0 Å². The van der Waals surface area contributed by atoms with Crippen LogP contribution >= 0.6 is 0 Å². The van der Waals surface area contributed by atoms with E-state index in [-0.39, 0.29) is 0 Å². The zero-order chi connectivity index (χ0) is 38.0. The molecule has 10 aromatic rings. The molecule has 0 aliphatic heterocycles. The third-order valence-corrected chi connectivity index (χ3v) is 11.1. The number of fused-ring (bicyclic) bond motifs is 3. The smallest absolute Gasteiger partial charge is 0.0468 e. The molecule has 0 N–H and O–H groups in total. The second kappa shape index (κ2) is 15.0. The summed E-state index contributed by atoms with van der Waals surface area (Å²) in [7, 11) is 0. The number of hydrogen-bond donors (Lipinski definition) is 0. The van der Waals surface area contributed by atoms with Gasteiger partial charge >= 0.3 is 0 Å². The van der Waals surface area contributed by atoms with Gasteiger partial charge in [0.1, 0.15) is 0 Å². The third kappa shape index (κ3) is 6.66. The lowest BCUT2D eigenvalue weighted by atomic mass is 9.87. The Morgan fingerprint density at radius 1 is 0.211 bits per heavy atom. The van der Waals surface area contributed by atoms with Gasteiger partial charge in [0, 0.05) is 17.1 Å². The van der Waals surface area contributed by atoms with E-state index >= 15 is 0 Å².